The Morgan fingerprint density at radius 2 is 0.918 bits per heavy atom. The lowest BCUT2D eigenvalue weighted by Crippen LogP contribution is -2.27. The van der Waals surface area contributed by atoms with E-state index in [-0.39, 0.29) is 21.9 Å². The molecule has 0 aliphatic heterocycles. The maximum Gasteiger partial charge on any atom is 0.264 e. The van der Waals surface area contributed by atoms with Gasteiger partial charge in [0.15, 0.2) is 0 Å². The highest BCUT2D eigenvalue weighted by molar-refractivity contribution is 7.27. The molecule has 4 aromatic carbocycles. The van der Waals surface area contributed by atoms with Crippen LogP contribution in [0.15, 0.2) is 70.3 Å². The highest BCUT2D eigenvalue weighted by Gasteiger charge is 2.36. The van der Waals surface area contributed by atoms with Gasteiger partial charge in [0.1, 0.15) is 43.0 Å². The summed E-state index contributed by atoms with van der Waals surface area (Å²) < 4.78 is 24.6. The Bertz CT molecular complexity index is 5300. The van der Waals surface area contributed by atoms with Crippen molar-refractivity contribution in [2.75, 3.05) is 0 Å². The zero-order chi connectivity index (χ0) is 68.3. The third-order valence-corrected chi connectivity index (χ3v) is 28.6. The summed E-state index contributed by atoms with van der Waals surface area (Å²) in [6.07, 6.45) is 29.3. The fourth-order valence-corrected chi connectivity index (χ4v) is 22.7. The Morgan fingerprint density at radius 1 is 0.449 bits per heavy atom. The van der Waals surface area contributed by atoms with E-state index in [4.69, 9.17) is 27.5 Å². The number of pyridine rings is 2. The van der Waals surface area contributed by atoms with Gasteiger partial charge < -0.3 is 0 Å². The molecule has 0 radical (unpaired) electrons. The van der Waals surface area contributed by atoms with Crippen molar-refractivity contribution in [3.63, 3.8) is 0 Å². The van der Waals surface area contributed by atoms with Gasteiger partial charge in [-0.3, -0.25) is 18.4 Å². The second-order valence-corrected chi connectivity index (χ2v) is 35.9. The van der Waals surface area contributed by atoms with Crippen LogP contribution in [0, 0.1) is 23.7 Å². The number of nitrogens with zero attached hydrogens (tertiary/aromatic N) is 8. The van der Waals surface area contributed by atoms with Crippen LogP contribution in [0.2, 0.25) is 0 Å². The summed E-state index contributed by atoms with van der Waals surface area (Å²) in [4.78, 5) is 50.2. The maximum atomic E-state index is 15.3. The van der Waals surface area contributed by atoms with Crippen LogP contribution in [0.4, 0.5) is 0 Å². The summed E-state index contributed by atoms with van der Waals surface area (Å²) in [5.74, 6) is 2.07. The van der Waals surface area contributed by atoms with E-state index < -0.39 is 0 Å². The first-order chi connectivity index (χ1) is 47.5. The van der Waals surface area contributed by atoms with E-state index in [0.717, 1.165) is 129 Å². The molecule has 98 heavy (non-hydrogen) atoms. The number of aromatic nitrogens is 8. The Labute approximate surface area is 602 Å². The molecular formula is C82H98N8O2S6. The van der Waals surface area contributed by atoms with Gasteiger partial charge in [-0.15, -0.1) is 45.3 Å². The Morgan fingerprint density at radius 3 is 1.46 bits per heavy atom. The van der Waals surface area contributed by atoms with Crippen molar-refractivity contribution >= 4 is 166 Å². The van der Waals surface area contributed by atoms with E-state index in [0.29, 0.717) is 45.7 Å². The average molecular weight is 1420 g/mol. The minimum absolute atomic E-state index is 0.00543. The van der Waals surface area contributed by atoms with Gasteiger partial charge in [-0.25, -0.2) is 9.97 Å². The van der Waals surface area contributed by atoms with Gasteiger partial charge in [0.05, 0.1) is 34.5 Å². The van der Waals surface area contributed by atoms with Crippen LogP contribution in [0.25, 0.3) is 128 Å². The van der Waals surface area contributed by atoms with Crippen LogP contribution < -0.4 is 11.1 Å². The molecule has 514 valence electrons. The topological polar surface area (TPSA) is 120 Å². The monoisotopic (exact) mass is 1420 g/mol. The van der Waals surface area contributed by atoms with E-state index >= 15 is 4.79 Å². The Hall–Kier alpha value is -5.88. The highest BCUT2D eigenvalue weighted by atomic mass is 32.1. The van der Waals surface area contributed by atoms with E-state index in [1.165, 1.54) is 175 Å². The van der Waals surface area contributed by atoms with Crippen LogP contribution in [-0.4, -0.2) is 36.3 Å². The molecule has 10 nitrogen and oxygen atoms in total. The van der Waals surface area contributed by atoms with E-state index in [1.807, 2.05) is 55.7 Å². The first-order valence-electron chi connectivity index (χ1n) is 37.3. The largest absolute Gasteiger partial charge is 0.268 e. The molecule has 4 atom stereocenters. The quantitative estimate of drug-likeness (QED) is 0.0295. The maximum absolute atomic E-state index is 15.3. The number of thiophene rings is 4. The molecule has 14 aromatic rings. The molecule has 0 spiro atoms. The van der Waals surface area contributed by atoms with Gasteiger partial charge in [-0.1, -0.05) is 205 Å². The van der Waals surface area contributed by atoms with Crippen molar-refractivity contribution in [3.8, 4) is 30.6 Å². The summed E-state index contributed by atoms with van der Waals surface area (Å²) >= 11 is 9.85. The molecule has 0 saturated carbocycles. The predicted molar refractivity (Wildman–Crippen MR) is 428 cm³/mol. The minimum Gasteiger partial charge on any atom is -0.268 e. The number of hydrogen-bond donors (Lipinski definition) is 0. The second kappa shape index (κ2) is 28.9. The molecule has 0 aliphatic carbocycles. The average Bonchev–Trinajstić information content (AvgIpc) is 1.43. The molecule has 10 aromatic heterocycles. The van der Waals surface area contributed by atoms with Crippen molar-refractivity contribution < 1.29 is 0 Å². The smallest absolute Gasteiger partial charge is 0.264 e. The molecule has 0 saturated heterocycles. The number of unbranched alkanes of at least 4 members (excludes halogenated alkanes) is 13. The first-order valence-corrected chi connectivity index (χ1v) is 42.1. The molecule has 14 rings (SSSR count). The lowest BCUT2D eigenvalue weighted by Gasteiger charge is -2.33. The third kappa shape index (κ3) is 12.6. The fourth-order valence-electron chi connectivity index (χ4n) is 16.6. The fraction of sp³-hybridized carbons (Fsp3) is 0.512. The van der Waals surface area contributed by atoms with E-state index in [1.54, 1.807) is 22.7 Å². The van der Waals surface area contributed by atoms with Crippen molar-refractivity contribution in [2.45, 2.75) is 248 Å². The molecule has 0 aliphatic rings. The van der Waals surface area contributed by atoms with Crippen LogP contribution in [-0.2, 0) is 23.7 Å². The van der Waals surface area contributed by atoms with Gasteiger partial charge in [-0.05, 0) is 128 Å². The van der Waals surface area contributed by atoms with Crippen molar-refractivity contribution in [1.29, 1.82) is 0 Å². The minimum atomic E-state index is -0.131. The molecule has 10 heterocycles. The molecule has 0 N–H and O–H groups in total. The van der Waals surface area contributed by atoms with Gasteiger partial charge in [0.2, 0.25) is 0 Å². The number of imidazole rings is 2. The van der Waals surface area contributed by atoms with Crippen molar-refractivity contribution in [2.24, 2.45) is 23.7 Å². The molecular weight excluding hydrogens is 1320 g/mol. The molecule has 0 fully saturated rings. The first kappa shape index (κ1) is 69.2. The molecule has 0 amide bonds. The number of fused-ring (bicyclic) bond motifs is 13. The van der Waals surface area contributed by atoms with Gasteiger partial charge in [-0.2, -0.15) is 17.5 Å². The lowest BCUT2D eigenvalue weighted by atomic mass is 9.73. The standard InChI is InChI=1S/C82H98N8O2S6/c1-13-17-21-23-25-27-30-49(9)38-51-40-63(64-44-61-77(94-64)83-75-53-32-35-56-68-54(33-34-55(67(53)68)79(91)89(61)75)76-84-78-62(90(76)80(56)92)45-65(96-78)81(11,36-20-16-4)46-47(5)6)93-73(51)59-42-57-58(69-71(59)87-97-85-69)43-60(72-70(57)86-98-88-72)74-52(39-50(10)31-28-26-24-22-18-14-2)41-66(95-74)82(12,48(7)8)37-29-19-15-3/h32-35,40-45,47-50H,13-31,36-39,46H2,1-12H3. The SMILES string of the molecule is CCCCCCCCC(C)Cc1cc(-c2cc3c(nc4c5ccc6c(=O)n7c8cc(C(C)(CCCC)CC(C)C)sc8nc7c7ccc(c(=O)n34)c5c67)s2)sc1-c1cc2c(cc(-c3sc(C(C)(CCCCC)C(C)C)cc3CC(C)CCCCCCCC)c3nsnc32)c2nsnc12. The molecule has 0 bridgehead atoms. The Kier molecular flexibility index (Phi) is 20.4. The molecule has 4 unspecified atom stereocenters. The second-order valence-electron chi connectivity index (χ2n) is 30.6. The number of hydrogen-bond acceptors (Lipinski definition) is 14. The van der Waals surface area contributed by atoms with Crippen molar-refractivity contribution in [3.05, 3.63) is 102 Å². The predicted octanol–water partition coefficient (Wildman–Crippen LogP) is 25.6. The van der Waals surface area contributed by atoms with E-state index in [2.05, 4.69) is 119 Å². The summed E-state index contributed by atoms with van der Waals surface area (Å²) in [6.45, 7) is 28.5. The highest BCUT2D eigenvalue weighted by Crippen LogP contribution is 2.52. The summed E-state index contributed by atoms with van der Waals surface area (Å²) in [6, 6.07) is 22.2. The van der Waals surface area contributed by atoms with Crippen LogP contribution in [0.5, 0.6) is 0 Å². The summed E-state index contributed by atoms with van der Waals surface area (Å²) in [5, 5.41) is 6.63. The van der Waals surface area contributed by atoms with Gasteiger partial charge in [0.25, 0.3) is 11.1 Å². The Balaban J connectivity index is 0.863. The number of benzene rings is 4. The summed E-state index contributed by atoms with van der Waals surface area (Å²) in [5.41, 5.74) is 11.6. The van der Waals surface area contributed by atoms with Crippen LogP contribution in [0.3, 0.4) is 0 Å². The zero-order valence-corrected chi connectivity index (χ0v) is 64.8. The van der Waals surface area contributed by atoms with Crippen LogP contribution >= 0.6 is 68.8 Å². The molecule has 16 heteroatoms. The summed E-state index contributed by atoms with van der Waals surface area (Å²) in [7, 11) is 0. The number of rotatable bonds is 33. The van der Waals surface area contributed by atoms with Gasteiger partial charge >= 0.3 is 0 Å². The van der Waals surface area contributed by atoms with Crippen LogP contribution in [0.1, 0.15) is 245 Å². The third-order valence-electron chi connectivity index (χ3n) is 22.3. The van der Waals surface area contributed by atoms with Gasteiger partial charge in [0, 0.05) is 94.3 Å². The zero-order valence-electron chi connectivity index (χ0n) is 59.9. The van der Waals surface area contributed by atoms with Crippen molar-refractivity contribution in [1.82, 2.24) is 36.3 Å². The lowest BCUT2D eigenvalue weighted by molar-refractivity contribution is 0.309. The van der Waals surface area contributed by atoms with E-state index in [9.17, 15) is 4.79 Å². The normalized spacial score (nSPS) is 14.6.